The van der Waals surface area contributed by atoms with Crippen LogP contribution >= 0.6 is 38.6 Å². The van der Waals surface area contributed by atoms with Gasteiger partial charge in [-0.1, -0.05) is 6.07 Å². The van der Waals surface area contributed by atoms with Crippen LogP contribution in [0.2, 0.25) is 0 Å². The Labute approximate surface area is 150 Å². The van der Waals surface area contributed by atoms with Crippen LogP contribution in [0.15, 0.2) is 49.8 Å². The standard InChI is InChI=1S/C14H12BrN3O2S3/c1-9-8-21-14(16-9)17-10-3-2-4-11(7-10)18-23(19,20)13-6-5-12(15)22-13/h2-8,18H,1H3,(H,16,17). The first kappa shape index (κ1) is 16.4. The Morgan fingerprint density at radius 2 is 1.96 bits per heavy atom. The second-order valence-electron chi connectivity index (χ2n) is 4.66. The maximum atomic E-state index is 12.3. The Balaban J connectivity index is 1.80. The van der Waals surface area contributed by atoms with Gasteiger partial charge in [-0.05, 0) is 53.2 Å². The Hall–Kier alpha value is -1.42. The van der Waals surface area contributed by atoms with Crippen LogP contribution in [0.5, 0.6) is 0 Å². The van der Waals surface area contributed by atoms with E-state index in [2.05, 4.69) is 31.0 Å². The fourth-order valence-corrected chi connectivity index (χ4v) is 5.61. The van der Waals surface area contributed by atoms with Crippen molar-refractivity contribution in [3.8, 4) is 0 Å². The average Bonchev–Trinajstić information content (AvgIpc) is 3.08. The molecular weight excluding hydrogens is 418 g/mol. The molecule has 3 rings (SSSR count). The van der Waals surface area contributed by atoms with Crippen LogP contribution in [-0.4, -0.2) is 13.4 Å². The molecule has 2 heterocycles. The van der Waals surface area contributed by atoms with Gasteiger partial charge in [0.1, 0.15) is 4.21 Å². The lowest BCUT2D eigenvalue weighted by molar-refractivity contribution is 0.603. The molecule has 0 bridgehead atoms. The fourth-order valence-electron chi connectivity index (χ4n) is 1.84. The van der Waals surface area contributed by atoms with Gasteiger partial charge in [0.15, 0.2) is 5.13 Å². The number of benzene rings is 1. The van der Waals surface area contributed by atoms with Crippen molar-refractivity contribution in [2.75, 3.05) is 10.0 Å². The van der Waals surface area contributed by atoms with Crippen molar-refractivity contribution in [1.29, 1.82) is 0 Å². The molecule has 0 radical (unpaired) electrons. The smallest absolute Gasteiger partial charge is 0.271 e. The SMILES string of the molecule is Cc1csc(Nc2cccc(NS(=O)(=O)c3ccc(Br)s3)c2)n1. The Morgan fingerprint density at radius 3 is 2.61 bits per heavy atom. The minimum atomic E-state index is -3.58. The number of sulfonamides is 1. The molecule has 0 aliphatic heterocycles. The molecule has 0 unspecified atom stereocenters. The summed E-state index contributed by atoms with van der Waals surface area (Å²) < 4.78 is 28.3. The summed E-state index contributed by atoms with van der Waals surface area (Å²) in [4.78, 5) is 4.33. The fraction of sp³-hybridized carbons (Fsp3) is 0.0714. The van der Waals surface area contributed by atoms with Gasteiger partial charge >= 0.3 is 0 Å². The normalized spacial score (nSPS) is 11.4. The number of halogens is 1. The van der Waals surface area contributed by atoms with Crippen LogP contribution in [0, 0.1) is 6.92 Å². The first-order valence-electron chi connectivity index (χ1n) is 6.50. The van der Waals surface area contributed by atoms with Gasteiger partial charge in [0.25, 0.3) is 10.0 Å². The Bertz CT molecular complexity index is 934. The molecule has 0 amide bonds. The molecule has 2 aromatic heterocycles. The largest absolute Gasteiger partial charge is 0.331 e. The number of thiazole rings is 1. The van der Waals surface area contributed by atoms with Crippen LogP contribution in [-0.2, 0) is 10.0 Å². The number of anilines is 3. The summed E-state index contributed by atoms with van der Waals surface area (Å²) in [5.74, 6) is 0. The summed E-state index contributed by atoms with van der Waals surface area (Å²) in [7, 11) is -3.58. The van der Waals surface area contributed by atoms with Crippen molar-refractivity contribution < 1.29 is 8.42 Å². The van der Waals surface area contributed by atoms with Gasteiger partial charge in [0.2, 0.25) is 0 Å². The van der Waals surface area contributed by atoms with Crippen LogP contribution in [0.4, 0.5) is 16.5 Å². The van der Waals surface area contributed by atoms with E-state index in [1.165, 1.54) is 22.7 Å². The van der Waals surface area contributed by atoms with Crippen LogP contribution in [0.3, 0.4) is 0 Å². The summed E-state index contributed by atoms with van der Waals surface area (Å²) in [6, 6.07) is 10.4. The van der Waals surface area contributed by atoms with Crippen molar-refractivity contribution in [1.82, 2.24) is 4.98 Å². The Kier molecular flexibility index (Phi) is 4.72. The van der Waals surface area contributed by atoms with Gasteiger partial charge in [-0.25, -0.2) is 13.4 Å². The molecule has 0 saturated carbocycles. The van der Waals surface area contributed by atoms with E-state index in [4.69, 9.17) is 0 Å². The molecule has 0 spiro atoms. The number of hydrogen-bond acceptors (Lipinski definition) is 6. The van der Waals surface area contributed by atoms with Gasteiger partial charge in [0.05, 0.1) is 15.2 Å². The number of hydrogen-bond donors (Lipinski definition) is 2. The zero-order valence-corrected chi connectivity index (χ0v) is 15.9. The summed E-state index contributed by atoms with van der Waals surface area (Å²) in [5, 5.41) is 5.88. The van der Waals surface area contributed by atoms with Crippen molar-refractivity contribution in [3.63, 3.8) is 0 Å². The number of aryl methyl sites for hydroxylation is 1. The van der Waals surface area contributed by atoms with Crippen LogP contribution in [0.25, 0.3) is 0 Å². The molecule has 9 heteroatoms. The quantitative estimate of drug-likeness (QED) is 0.609. The first-order chi connectivity index (χ1) is 10.9. The zero-order chi connectivity index (χ0) is 16.4. The highest BCUT2D eigenvalue weighted by atomic mass is 79.9. The van der Waals surface area contributed by atoms with Crippen molar-refractivity contribution >= 4 is 65.1 Å². The molecule has 1 aromatic carbocycles. The molecule has 3 aromatic rings. The molecule has 5 nitrogen and oxygen atoms in total. The van der Waals surface area contributed by atoms with Gasteiger partial charge < -0.3 is 5.32 Å². The van der Waals surface area contributed by atoms with Gasteiger partial charge in [-0.2, -0.15) is 0 Å². The van der Waals surface area contributed by atoms with E-state index in [1.807, 2.05) is 18.4 Å². The van der Waals surface area contributed by atoms with E-state index in [0.717, 1.165) is 20.3 Å². The number of nitrogens with zero attached hydrogens (tertiary/aromatic N) is 1. The predicted octanol–water partition coefficient (Wildman–Crippen LogP) is 4.82. The zero-order valence-electron chi connectivity index (χ0n) is 11.9. The molecule has 120 valence electrons. The lowest BCUT2D eigenvalue weighted by Gasteiger charge is -2.08. The topological polar surface area (TPSA) is 71.1 Å². The average molecular weight is 430 g/mol. The highest BCUT2D eigenvalue weighted by Gasteiger charge is 2.16. The second-order valence-corrected chi connectivity index (χ2v) is 9.89. The predicted molar refractivity (Wildman–Crippen MR) is 99.4 cm³/mol. The van der Waals surface area contributed by atoms with Crippen molar-refractivity contribution in [2.24, 2.45) is 0 Å². The summed E-state index contributed by atoms with van der Waals surface area (Å²) in [5.41, 5.74) is 2.21. The maximum Gasteiger partial charge on any atom is 0.271 e. The summed E-state index contributed by atoms with van der Waals surface area (Å²) >= 11 is 5.94. The van der Waals surface area contributed by atoms with E-state index in [0.29, 0.717) is 5.69 Å². The molecular formula is C14H12BrN3O2S3. The van der Waals surface area contributed by atoms with Crippen molar-refractivity contribution in [3.05, 3.63) is 51.3 Å². The van der Waals surface area contributed by atoms with E-state index in [-0.39, 0.29) is 4.21 Å². The molecule has 2 N–H and O–H groups in total. The highest BCUT2D eigenvalue weighted by Crippen LogP contribution is 2.29. The molecule has 0 atom stereocenters. The van der Waals surface area contributed by atoms with E-state index in [9.17, 15) is 8.42 Å². The van der Waals surface area contributed by atoms with Crippen molar-refractivity contribution in [2.45, 2.75) is 11.1 Å². The number of thiophene rings is 1. The third kappa shape index (κ3) is 4.11. The Morgan fingerprint density at radius 1 is 1.17 bits per heavy atom. The van der Waals surface area contributed by atoms with E-state index >= 15 is 0 Å². The minimum Gasteiger partial charge on any atom is -0.331 e. The monoisotopic (exact) mass is 429 g/mol. The lowest BCUT2D eigenvalue weighted by Crippen LogP contribution is -2.11. The summed E-state index contributed by atoms with van der Waals surface area (Å²) in [6.07, 6.45) is 0. The number of nitrogens with one attached hydrogen (secondary N) is 2. The highest BCUT2D eigenvalue weighted by molar-refractivity contribution is 9.11. The minimum absolute atomic E-state index is 0.262. The number of aromatic nitrogens is 1. The van der Waals surface area contributed by atoms with Gasteiger partial charge in [0, 0.05) is 11.1 Å². The van der Waals surface area contributed by atoms with Gasteiger partial charge in [-0.15, -0.1) is 22.7 Å². The molecule has 0 saturated heterocycles. The third-order valence-electron chi connectivity index (χ3n) is 2.80. The van der Waals surface area contributed by atoms with Crippen LogP contribution < -0.4 is 10.0 Å². The first-order valence-corrected chi connectivity index (χ1v) is 10.5. The van der Waals surface area contributed by atoms with Gasteiger partial charge in [-0.3, -0.25) is 4.72 Å². The number of rotatable bonds is 5. The lowest BCUT2D eigenvalue weighted by atomic mass is 10.3. The maximum absolute atomic E-state index is 12.3. The van der Waals surface area contributed by atoms with Crippen LogP contribution in [0.1, 0.15) is 5.69 Å². The third-order valence-corrected chi connectivity index (χ3v) is 7.17. The molecule has 0 aliphatic rings. The van der Waals surface area contributed by atoms with E-state index in [1.54, 1.807) is 30.3 Å². The van der Waals surface area contributed by atoms with E-state index < -0.39 is 10.0 Å². The summed E-state index contributed by atoms with van der Waals surface area (Å²) in [6.45, 7) is 1.92. The second kappa shape index (κ2) is 6.60. The molecule has 0 aliphatic carbocycles. The molecule has 0 fully saturated rings. The molecule has 23 heavy (non-hydrogen) atoms.